The summed E-state index contributed by atoms with van der Waals surface area (Å²) in [7, 11) is 0. The topological polar surface area (TPSA) is 540 Å². The van der Waals surface area contributed by atoms with E-state index in [1.165, 1.54) is 13.8 Å². The first kappa shape index (κ1) is 81.9. The molecule has 0 aromatic carbocycles. The minimum Gasteiger partial charge on any atom is -0.432 e. The lowest BCUT2D eigenvalue weighted by molar-refractivity contribution is -0.370. The lowest BCUT2D eigenvalue weighted by atomic mass is 9.33. The van der Waals surface area contributed by atoms with Crippen LogP contribution in [0.4, 0.5) is 0 Å². The van der Waals surface area contributed by atoms with Gasteiger partial charge >= 0.3 is 5.97 Å². The van der Waals surface area contributed by atoms with Crippen LogP contribution in [-0.4, -0.2) is 346 Å². The van der Waals surface area contributed by atoms with E-state index in [1.54, 1.807) is 0 Å². The minimum atomic E-state index is -2.02. The van der Waals surface area contributed by atoms with Crippen LogP contribution in [0.3, 0.4) is 0 Å². The van der Waals surface area contributed by atoms with E-state index >= 15 is 4.79 Å². The molecule has 35 heteroatoms. The van der Waals surface area contributed by atoms with Crippen molar-refractivity contribution in [1.82, 2.24) is 5.32 Å². The summed E-state index contributed by atoms with van der Waals surface area (Å²) < 4.78 is 83.3. The summed E-state index contributed by atoms with van der Waals surface area (Å²) in [5.41, 5.74) is -3.01. The van der Waals surface area contributed by atoms with Gasteiger partial charge in [0.2, 0.25) is 12.2 Å². The predicted molar refractivity (Wildman–Crippen MR) is 348 cm³/mol. The number of amides is 1. The number of aliphatic hydroxyl groups excluding tert-OH is 18. The molecule has 1 amide bonds. The van der Waals surface area contributed by atoms with Gasteiger partial charge in [-0.3, -0.25) is 9.59 Å². The van der Waals surface area contributed by atoms with Crippen molar-refractivity contribution < 1.29 is 168 Å². The first-order valence-electron chi connectivity index (χ1n) is 36.9. The molecule has 7 saturated heterocycles. The maximum atomic E-state index is 15.4. The fourth-order valence-electron chi connectivity index (χ4n) is 20.3. The number of carbonyl (C=O) groups is 2. The monoisotopic (exact) mass is 1510 g/mol. The molecule has 0 aromatic heterocycles. The van der Waals surface area contributed by atoms with Crippen LogP contribution in [0.15, 0.2) is 11.6 Å². The minimum absolute atomic E-state index is 0.0152. The van der Waals surface area contributed by atoms with Crippen molar-refractivity contribution in [2.75, 3.05) is 39.6 Å². The summed E-state index contributed by atoms with van der Waals surface area (Å²) in [6.45, 7) is 14.4. The first-order chi connectivity index (χ1) is 49.3. The zero-order chi connectivity index (χ0) is 76.4. The van der Waals surface area contributed by atoms with Gasteiger partial charge in [0.1, 0.15) is 146 Å². The lowest BCUT2D eigenvalue weighted by Crippen LogP contribution is -2.69. The standard InChI is InChI=1S/C70H113NO34/c1-26-54(102-59-48(85)41(78)30(75)22-92-59)46(83)51(88)61(96-26)104-55-33(21-73)98-63(52(89)47(55)84)105-64(91)70-17-16-65(3,4)18-29(70)28-10-11-37-67(7)14-13-39(66(5,6)36(67)12-15-68(37,8)69(28,9)19-38(70)77)101-57-40(71-27(2)74)45(82)44(81)34(99-57)24-94-58-53(90)56(103-60-49(86)42(79)31(76)23-93-60)35(25-95-58)100-62-50(87)43(80)32(20-72)97-62/h10,26,29-63,72-73,75-90H,11-25H2,1-9H3,(H,71,74)/t26?,29-,30?,31?,32?,33?,34+,35?,36?,37?,38?,39-,40+,41?,42?,43?,44+,45+,46?,47?,48?,49?,50?,51?,52?,53?,54?,55?,56?,57-,58?,59?,60?,61?,62?,63?,67-,68+,69+,70+/m0/s1. The van der Waals surface area contributed by atoms with E-state index in [0.717, 1.165) is 5.57 Å². The fraction of sp³-hybridized carbons (Fsp3) is 0.943. The number of esters is 1. The van der Waals surface area contributed by atoms with Crippen molar-refractivity contribution in [3.63, 3.8) is 0 Å². The summed E-state index contributed by atoms with van der Waals surface area (Å²) in [5, 5.41) is 201. The highest BCUT2D eigenvalue weighted by Crippen LogP contribution is 2.76. The molecule has 29 unspecified atom stereocenters. The van der Waals surface area contributed by atoms with Gasteiger partial charge in [-0.15, -0.1) is 0 Å². The van der Waals surface area contributed by atoms with Gasteiger partial charge in [0, 0.05) is 6.92 Å². The Morgan fingerprint density at radius 2 is 1.07 bits per heavy atom. The summed E-state index contributed by atoms with van der Waals surface area (Å²) in [6.07, 6.45) is -43.9. The Bertz CT molecular complexity index is 3030. The number of carbonyl (C=O) groups excluding carboxylic acids is 2. The van der Waals surface area contributed by atoms with Gasteiger partial charge in [0.25, 0.3) is 0 Å². The van der Waals surface area contributed by atoms with Gasteiger partial charge in [-0.1, -0.05) is 60.1 Å². The summed E-state index contributed by atoms with van der Waals surface area (Å²) >= 11 is 0. The van der Waals surface area contributed by atoms with E-state index in [1.807, 2.05) is 0 Å². The molecule has 5 aliphatic carbocycles. The van der Waals surface area contributed by atoms with Crippen molar-refractivity contribution in [3.8, 4) is 0 Å². The molecule has 0 aromatic rings. The fourth-order valence-corrected chi connectivity index (χ4v) is 20.3. The Hall–Kier alpha value is -2.56. The molecule has 0 spiro atoms. The van der Waals surface area contributed by atoms with Crippen molar-refractivity contribution in [2.24, 2.45) is 50.2 Å². The third-order valence-electron chi connectivity index (χ3n) is 26.6. The quantitative estimate of drug-likeness (QED) is 0.0345. The van der Waals surface area contributed by atoms with Crippen molar-refractivity contribution in [1.29, 1.82) is 0 Å². The van der Waals surface area contributed by atoms with Crippen molar-refractivity contribution in [2.45, 2.75) is 323 Å². The Labute approximate surface area is 607 Å². The van der Waals surface area contributed by atoms with E-state index in [2.05, 4.69) is 59.9 Å². The number of rotatable bonds is 18. The van der Waals surface area contributed by atoms with Crippen LogP contribution in [0.1, 0.15) is 120 Å². The average Bonchev–Trinajstić information content (AvgIpc) is 0.778. The molecular formula is C70H113NO34. The Kier molecular flexibility index (Phi) is 24.3. The van der Waals surface area contributed by atoms with E-state index in [4.69, 9.17) is 66.3 Å². The van der Waals surface area contributed by atoms with Crippen LogP contribution in [0, 0.1) is 50.2 Å². The molecule has 105 heavy (non-hydrogen) atoms. The second-order valence-electron chi connectivity index (χ2n) is 33.7. The molecule has 11 fully saturated rings. The molecule has 0 radical (unpaired) electrons. The average molecular weight is 1510 g/mol. The molecule has 12 rings (SSSR count). The van der Waals surface area contributed by atoms with Crippen LogP contribution in [0.5, 0.6) is 0 Å². The Morgan fingerprint density at radius 3 is 1.70 bits per heavy atom. The molecule has 7 heterocycles. The molecule has 19 N–H and O–H groups in total. The van der Waals surface area contributed by atoms with Crippen LogP contribution >= 0.6 is 0 Å². The van der Waals surface area contributed by atoms with E-state index in [9.17, 15) is 96.7 Å². The third kappa shape index (κ3) is 14.6. The number of fused-ring (bicyclic) bond motifs is 7. The normalized spacial score (nSPS) is 53.3. The van der Waals surface area contributed by atoms with Crippen LogP contribution in [0.25, 0.3) is 0 Å². The highest BCUT2D eigenvalue weighted by atomic mass is 16.8. The van der Waals surface area contributed by atoms with Crippen LogP contribution < -0.4 is 5.32 Å². The molecule has 7 aliphatic heterocycles. The number of aliphatic hydroxyl groups is 18. The van der Waals surface area contributed by atoms with E-state index < -0.39 is 282 Å². The summed E-state index contributed by atoms with van der Waals surface area (Å²) in [4.78, 5) is 28.3. The Morgan fingerprint density at radius 1 is 0.514 bits per heavy atom. The SMILES string of the molecule is CC(=O)N[C@H]1[C@H](O[C@H]2CC[C@@]3(C)C(CC[C@]4(C)C3CC=C3[C@@H]5CC(C)(C)CC[C@]5(C(=O)OC5OC(CO)C(OC6OC(C)C(OC7OCC(O)C(O)C7O)C(O)C6O)C(O)C5O)C(O)C[C@]34C)C2(C)C)O[C@H](COC2OCC(OC3OC(CO)C(O)C3O)C(OC3OCC(O)C(O)C3O)C2O)[C@@H](O)[C@@H]1O. The maximum absolute atomic E-state index is 15.4. The highest BCUT2D eigenvalue weighted by Gasteiger charge is 2.73. The van der Waals surface area contributed by atoms with Crippen molar-refractivity contribution in [3.05, 3.63) is 11.6 Å². The number of hydrogen-bond acceptors (Lipinski definition) is 34. The summed E-state index contributed by atoms with van der Waals surface area (Å²) in [5.74, 6) is -1.99. The molecule has 0 bridgehead atoms. The van der Waals surface area contributed by atoms with Gasteiger partial charge < -0.3 is 164 Å². The second kappa shape index (κ2) is 31.1. The number of ether oxygens (including phenoxy) is 14. The zero-order valence-corrected chi connectivity index (χ0v) is 60.6. The molecule has 12 aliphatic rings. The van der Waals surface area contributed by atoms with Gasteiger partial charge in [-0.05, 0) is 110 Å². The number of hydrogen-bond donors (Lipinski definition) is 19. The molecule has 40 atom stereocenters. The molecule has 35 nitrogen and oxygen atoms in total. The van der Waals surface area contributed by atoms with Crippen LogP contribution in [0.2, 0.25) is 0 Å². The van der Waals surface area contributed by atoms with Crippen LogP contribution in [-0.2, 0) is 75.9 Å². The second-order valence-corrected chi connectivity index (χ2v) is 33.7. The van der Waals surface area contributed by atoms with Gasteiger partial charge in [0.15, 0.2) is 37.7 Å². The molecule has 4 saturated carbocycles. The van der Waals surface area contributed by atoms with Gasteiger partial charge in [-0.25, -0.2) is 0 Å². The largest absolute Gasteiger partial charge is 0.432 e. The van der Waals surface area contributed by atoms with Crippen molar-refractivity contribution >= 4 is 11.9 Å². The lowest BCUT2D eigenvalue weighted by Gasteiger charge is -2.72. The summed E-state index contributed by atoms with van der Waals surface area (Å²) in [6, 6.07) is -1.30. The third-order valence-corrected chi connectivity index (χ3v) is 26.6. The van der Waals surface area contributed by atoms with E-state index in [-0.39, 0.29) is 35.5 Å². The van der Waals surface area contributed by atoms with Gasteiger partial charge in [-0.2, -0.15) is 0 Å². The highest BCUT2D eigenvalue weighted by molar-refractivity contribution is 5.80. The smallest absolute Gasteiger partial charge is 0.317 e. The van der Waals surface area contributed by atoms with E-state index in [0.29, 0.717) is 44.9 Å². The zero-order valence-electron chi connectivity index (χ0n) is 60.6. The first-order valence-corrected chi connectivity index (χ1v) is 36.9. The molecular weight excluding hydrogens is 1400 g/mol. The Balaban J connectivity index is 0.720. The number of allylic oxidation sites excluding steroid dienone is 2. The molecule has 602 valence electrons. The predicted octanol–water partition coefficient (Wildman–Crippen LogP) is -5.86. The van der Waals surface area contributed by atoms with Gasteiger partial charge in [0.05, 0.1) is 58.0 Å². The number of nitrogens with one attached hydrogen (secondary N) is 1. The maximum Gasteiger partial charge on any atom is 0.317 e.